The topological polar surface area (TPSA) is 56.1 Å². The van der Waals surface area contributed by atoms with Crippen molar-refractivity contribution in [2.24, 2.45) is 5.92 Å². The molecule has 1 heterocycles. The Morgan fingerprint density at radius 3 is 2.92 bits per heavy atom. The summed E-state index contributed by atoms with van der Waals surface area (Å²) in [7, 11) is 0. The fraction of sp³-hybridized carbons (Fsp3) is 0.750. The summed E-state index contributed by atoms with van der Waals surface area (Å²) in [5, 5.41) is 11.0. The fourth-order valence-electron chi connectivity index (χ4n) is 0.988. The Morgan fingerprint density at radius 2 is 2.46 bits per heavy atom. The highest BCUT2D eigenvalue weighted by atomic mass is 19.1. The molecule has 2 amide bonds. The summed E-state index contributed by atoms with van der Waals surface area (Å²) in [6.45, 7) is 2.39. The van der Waals surface area contributed by atoms with Gasteiger partial charge in [0.1, 0.15) is 6.17 Å². The van der Waals surface area contributed by atoms with Crippen molar-refractivity contribution in [2.75, 3.05) is 19.6 Å². The maximum atomic E-state index is 12.3. The normalized spacial score (nSPS) is 18.7. The first kappa shape index (κ1) is 9.78. The number of nitrogens with zero attached hydrogens (tertiary/aromatic N) is 2. The summed E-state index contributed by atoms with van der Waals surface area (Å²) >= 11 is 0. The van der Waals surface area contributed by atoms with E-state index in [9.17, 15) is 9.18 Å². The Hall–Kier alpha value is -1.31. The Bertz CT molecular complexity index is 232. The van der Waals surface area contributed by atoms with Crippen LogP contribution in [0.1, 0.15) is 6.92 Å². The maximum absolute atomic E-state index is 12.3. The van der Waals surface area contributed by atoms with Gasteiger partial charge in [0.15, 0.2) is 0 Å². The quantitative estimate of drug-likeness (QED) is 0.681. The van der Waals surface area contributed by atoms with Crippen LogP contribution in [0.2, 0.25) is 0 Å². The van der Waals surface area contributed by atoms with E-state index in [-0.39, 0.29) is 25.0 Å². The molecule has 4 nitrogen and oxygen atoms in total. The van der Waals surface area contributed by atoms with Gasteiger partial charge in [-0.1, -0.05) is 0 Å². The predicted octanol–water partition coefficient (Wildman–Crippen LogP) is 0.509. The van der Waals surface area contributed by atoms with Gasteiger partial charge in [0.25, 0.3) is 0 Å². The second-order valence-corrected chi connectivity index (χ2v) is 3.22. The zero-order valence-electron chi connectivity index (χ0n) is 7.46. The Kier molecular flexibility index (Phi) is 3.07. The molecular weight excluding hydrogens is 173 g/mol. The molecule has 0 radical (unpaired) electrons. The van der Waals surface area contributed by atoms with Gasteiger partial charge >= 0.3 is 6.03 Å². The van der Waals surface area contributed by atoms with Gasteiger partial charge in [0.05, 0.1) is 25.1 Å². The van der Waals surface area contributed by atoms with Crippen LogP contribution in [-0.2, 0) is 0 Å². The Labute approximate surface area is 76.3 Å². The molecule has 1 aliphatic rings. The first-order valence-electron chi connectivity index (χ1n) is 4.20. The van der Waals surface area contributed by atoms with Crippen molar-refractivity contribution in [2.45, 2.75) is 13.1 Å². The molecule has 1 N–H and O–H groups in total. The lowest BCUT2D eigenvalue weighted by molar-refractivity contribution is 0.0896. The molecule has 1 saturated heterocycles. The van der Waals surface area contributed by atoms with Crippen LogP contribution in [0.3, 0.4) is 0 Å². The fourth-order valence-corrected chi connectivity index (χ4v) is 0.988. The minimum atomic E-state index is -0.876. The van der Waals surface area contributed by atoms with Crippen LogP contribution in [0.15, 0.2) is 0 Å². The number of likely N-dealkylation sites (tertiary alicyclic amines) is 1. The van der Waals surface area contributed by atoms with Crippen molar-refractivity contribution in [3.8, 4) is 6.07 Å². The molecule has 0 bridgehead atoms. The van der Waals surface area contributed by atoms with Crippen LogP contribution in [0.5, 0.6) is 0 Å². The van der Waals surface area contributed by atoms with Crippen LogP contribution in [-0.4, -0.2) is 36.7 Å². The zero-order valence-corrected chi connectivity index (χ0v) is 7.46. The molecule has 0 saturated carbocycles. The van der Waals surface area contributed by atoms with Gasteiger partial charge in [-0.25, -0.2) is 9.18 Å². The first-order valence-corrected chi connectivity index (χ1v) is 4.20. The van der Waals surface area contributed by atoms with E-state index < -0.39 is 6.17 Å². The minimum Gasteiger partial charge on any atom is -0.337 e. The highest BCUT2D eigenvalue weighted by Crippen LogP contribution is 2.10. The van der Waals surface area contributed by atoms with Crippen molar-refractivity contribution in [1.29, 1.82) is 5.26 Å². The molecular formula is C8H12FN3O. The number of urea groups is 1. The summed E-state index contributed by atoms with van der Waals surface area (Å²) < 4.78 is 12.3. The van der Waals surface area contributed by atoms with Crippen LogP contribution < -0.4 is 5.32 Å². The molecule has 0 spiro atoms. The molecule has 5 heteroatoms. The van der Waals surface area contributed by atoms with Crippen LogP contribution in [0.25, 0.3) is 0 Å². The van der Waals surface area contributed by atoms with E-state index in [1.807, 2.05) is 6.07 Å². The number of halogens is 1. The average molecular weight is 185 g/mol. The van der Waals surface area contributed by atoms with Crippen LogP contribution >= 0.6 is 0 Å². The number of hydrogen-bond donors (Lipinski definition) is 1. The van der Waals surface area contributed by atoms with E-state index in [2.05, 4.69) is 5.32 Å². The van der Waals surface area contributed by atoms with Gasteiger partial charge < -0.3 is 10.2 Å². The predicted molar refractivity (Wildman–Crippen MR) is 44.6 cm³/mol. The summed E-state index contributed by atoms with van der Waals surface area (Å²) in [6.07, 6.45) is -0.876. The number of nitrogens with one attached hydrogen (secondary N) is 1. The minimum absolute atomic E-state index is 0.173. The lowest BCUT2D eigenvalue weighted by atomic mass is 10.2. The number of alkyl halides is 1. The number of hydrogen-bond acceptors (Lipinski definition) is 2. The highest BCUT2D eigenvalue weighted by Gasteiger charge is 2.30. The summed E-state index contributed by atoms with van der Waals surface area (Å²) in [6, 6.07) is 1.72. The third kappa shape index (κ3) is 2.58. The van der Waals surface area contributed by atoms with Crippen LogP contribution in [0, 0.1) is 17.2 Å². The number of carbonyl (C=O) groups excluding carboxylic acids is 1. The van der Waals surface area contributed by atoms with Gasteiger partial charge in [0, 0.05) is 6.54 Å². The lowest BCUT2D eigenvalue weighted by Gasteiger charge is -2.34. The molecule has 72 valence electrons. The second kappa shape index (κ2) is 4.08. The molecule has 1 atom stereocenters. The average Bonchev–Trinajstić information content (AvgIpc) is 2.08. The monoisotopic (exact) mass is 185 g/mol. The van der Waals surface area contributed by atoms with E-state index in [1.165, 1.54) is 4.90 Å². The van der Waals surface area contributed by atoms with Crippen molar-refractivity contribution >= 4 is 6.03 Å². The molecule has 1 rings (SSSR count). The molecule has 0 aromatic rings. The van der Waals surface area contributed by atoms with E-state index in [4.69, 9.17) is 5.26 Å². The molecule has 1 unspecified atom stereocenters. The summed E-state index contributed by atoms with van der Waals surface area (Å²) in [5.74, 6) is -0.202. The smallest absolute Gasteiger partial charge is 0.317 e. The molecule has 0 aromatic carbocycles. The molecule has 1 aliphatic heterocycles. The number of nitriles is 1. The largest absolute Gasteiger partial charge is 0.337 e. The van der Waals surface area contributed by atoms with Crippen molar-refractivity contribution in [3.05, 3.63) is 0 Å². The zero-order chi connectivity index (χ0) is 9.84. The van der Waals surface area contributed by atoms with Gasteiger partial charge in [0.2, 0.25) is 0 Å². The first-order chi connectivity index (χ1) is 6.13. The standard InChI is InChI=1S/C8H12FN3O/c1-6(2-10)3-11-8(13)12-4-7(9)5-12/h6-7H,3-5H2,1H3,(H,11,13). The highest BCUT2D eigenvalue weighted by molar-refractivity contribution is 5.75. The van der Waals surface area contributed by atoms with Gasteiger partial charge in [-0.2, -0.15) is 5.26 Å². The molecule has 0 aliphatic carbocycles. The van der Waals surface area contributed by atoms with E-state index >= 15 is 0 Å². The third-order valence-corrected chi connectivity index (χ3v) is 1.90. The van der Waals surface area contributed by atoms with Gasteiger partial charge in [-0.3, -0.25) is 0 Å². The number of rotatable bonds is 2. The van der Waals surface area contributed by atoms with E-state index in [0.29, 0.717) is 6.54 Å². The number of amides is 2. The Morgan fingerprint density at radius 1 is 1.85 bits per heavy atom. The van der Waals surface area contributed by atoms with Crippen molar-refractivity contribution in [3.63, 3.8) is 0 Å². The van der Waals surface area contributed by atoms with Gasteiger partial charge in [-0.15, -0.1) is 0 Å². The number of carbonyl (C=O) groups is 1. The Balaban J connectivity index is 2.16. The van der Waals surface area contributed by atoms with Crippen molar-refractivity contribution in [1.82, 2.24) is 10.2 Å². The lowest BCUT2D eigenvalue weighted by Crippen LogP contribution is -2.55. The summed E-state index contributed by atoms with van der Waals surface area (Å²) in [4.78, 5) is 12.5. The molecule has 0 aromatic heterocycles. The van der Waals surface area contributed by atoms with Crippen molar-refractivity contribution < 1.29 is 9.18 Å². The summed E-state index contributed by atoms with van der Waals surface area (Å²) in [5.41, 5.74) is 0. The molecule has 1 fully saturated rings. The van der Waals surface area contributed by atoms with Crippen LogP contribution in [0.4, 0.5) is 9.18 Å². The SMILES string of the molecule is CC(C#N)CNC(=O)N1CC(F)C1. The van der Waals surface area contributed by atoms with E-state index in [0.717, 1.165) is 0 Å². The molecule has 13 heavy (non-hydrogen) atoms. The maximum Gasteiger partial charge on any atom is 0.317 e. The van der Waals surface area contributed by atoms with E-state index in [1.54, 1.807) is 6.92 Å². The second-order valence-electron chi connectivity index (χ2n) is 3.22. The third-order valence-electron chi connectivity index (χ3n) is 1.90. The van der Waals surface area contributed by atoms with Gasteiger partial charge in [-0.05, 0) is 6.92 Å².